The summed E-state index contributed by atoms with van der Waals surface area (Å²) in [5, 5.41) is 19.1. The number of carbonyl (C=O) groups excluding carboxylic acids is 1. The topological polar surface area (TPSA) is 133 Å². The first kappa shape index (κ1) is 25.4. The SMILES string of the molecule is CC(=O)Nc1cccc([As](=O)(O)OO)c1.CCCCC(C)CCCC(=O)O. The molecule has 8 nitrogen and oxygen atoms in total. The second-order valence-electron chi connectivity index (χ2n) is 6.37. The van der Waals surface area contributed by atoms with E-state index in [9.17, 15) is 17.4 Å². The molecule has 0 heterocycles. The summed E-state index contributed by atoms with van der Waals surface area (Å²) < 4.78 is 23.9. The van der Waals surface area contributed by atoms with Crippen molar-refractivity contribution in [3.63, 3.8) is 0 Å². The van der Waals surface area contributed by atoms with Crippen molar-refractivity contribution in [2.24, 2.45) is 5.92 Å². The molecule has 0 spiro atoms. The van der Waals surface area contributed by atoms with E-state index in [0.29, 0.717) is 18.0 Å². The second-order valence-corrected chi connectivity index (χ2v) is 9.98. The summed E-state index contributed by atoms with van der Waals surface area (Å²) in [7, 11) is 0. The molecule has 0 radical (unpaired) electrons. The fourth-order valence-electron chi connectivity index (χ4n) is 2.31. The van der Waals surface area contributed by atoms with Gasteiger partial charge in [-0.25, -0.2) is 0 Å². The van der Waals surface area contributed by atoms with Crippen LogP contribution in [0.2, 0.25) is 0 Å². The molecule has 1 aromatic carbocycles. The first-order valence-electron chi connectivity index (χ1n) is 8.88. The number of hydrogen-bond acceptors (Lipinski definition) is 5. The van der Waals surface area contributed by atoms with Crippen molar-refractivity contribution in [1.29, 1.82) is 0 Å². The summed E-state index contributed by atoms with van der Waals surface area (Å²) in [6.45, 7) is 5.71. The van der Waals surface area contributed by atoms with Crippen LogP contribution in [-0.2, 0) is 17.2 Å². The minimum atomic E-state index is -4.83. The summed E-state index contributed by atoms with van der Waals surface area (Å²) in [4.78, 5) is 20.9. The Labute approximate surface area is 162 Å². The fraction of sp³-hybridized carbons (Fsp3) is 0.556. The number of anilines is 1. The molecule has 1 amide bonds. The molecule has 0 saturated heterocycles. The number of carboxylic acids is 1. The third kappa shape index (κ3) is 12.4. The largest absolute Gasteiger partial charge is 0.481 e. The number of carboxylic acid groups (broad SMARTS) is 1. The van der Waals surface area contributed by atoms with Crippen molar-refractivity contribution < 1.29 is 31.7 Å². The maximum atomic E-state index is 11.3. The number of unbranched alkanes of at least 4 members (excludes halogenated alkanes) is 1. The molecule has 2 unspecified atom stereocenters. The predicted molar refractivity (Wildman–Crippen MR) is 103 cm³/mol. The van der Waals surface area contributed by atoms with Gasteiger partial charge in [0.2, 0.25) is 0 Å². The molecule has 0 aromatic heterocycles. The molecule has 0 bridgehead atoms. The van der Waals surface area contributed by atoms with Gasteiger partial charge in [-0.2, -0.15) is 0 Å². The maximum absolute atomic E-state index is 11.3. The van der Waals surface area contributed by atoms with Crippen molar-refractivity contribution in [2.45, 2.75) is 59.3 Å². The van der Waals surface area contributed by atoms with Gasteiger partial charge in [0.15, 0.2) is 0 Å². The third-order valence-corrected chi connectivity index (χ3v) is 6.16. The van der Waals surface area contributed by atoms with E-state index >= 15 is 0 Å². The van der Waals surface area contributed by atoms with Crippen LogP contribution in [0.5, 0.6) is 0 Å². The number of rotatable bonds is 10. The number of nitrogens with one attached hydrogen (secondary N) is 1. The van der Waals surface area contributed by atoms with E-state index in [4.69, 9.17) is 10.4 Å². The molecule has 154 valence electrons. The second kappa shape index (κ2) is 13.5. The predicted octanol–water partition coefficient (Wildman–Crippen LogP) is 2.77. The minimum Gasteiger partial charge on any atom is -0.481 e. The van der Waals surface area contributed by atoms with E-state index < -0.39 is 20.1 Å². The van der Waals surface area contributed by atoms with Crippen LogP contribution in [-0.4, -0.2) is 40.5 Å². The Bertz CT molecular complexity index is 636. The maximum Gasteiger partial charge on any atom is 0.303 e. The number of aliphatic carboxylic acids is 1. The Morgan fingerprint density at radius 2 is 1.89 bits per heavy atom. The van der Waals surface area contributed by atoms with Crippen molar-refractivity contribution >= 4 is 36.1 Å². The Morgan fingerprint density at radius 1 is 1.26 bits per heavy atom. The van der Waals surface area contributed by atoms with E-state index in [0.717, 1.165) is 12.8 Å². The quantitative estimate of drug-likeness (QED) is 0.246. The van der Waals surface area contributed by atoms with Gasteiger partial charge in [0.25, 0.3) is 0 Å². The first-order chi connectivity index (χ1) is 12.6. The van der Waals surface area contributed by atoms with E-state index in [-0.39, 0.29) is 10.3 Å². The van der Waals surface area contributed by atoms with Gasteiger partial charge in [0.1, 0.15) is 0 Å². The van der Waals surface area contributed by atoms with Crippen LogP contribution in [0, 0.1) is 5.92 Å². The van der Waals surface area contributed by atoms with Gasteiger partial charge in [0.05, 0.1) is 0 Å². The van der Waals surface area contributed by atoms with Crippen LogP contribution < -0.4 is 9.67 Å². The fourth-order valence-corrected chi connectivity index (χ4v) is 3.72. The molecule has 27 heavy (non-hydrogen) atoms. The normalized spacial score (nSPS) is 13.7. The van der Waals surface area contributed by atoms with Crippen LogP contribution in [0.15, 0.2) is 24.3 Å². The van der Waals surface area contributed by atoms with Crippen LogP contribution in [0.1, 0.15) is 59.3 Å². The Balaban J connectivity index is 0.000000516. The Kier molecular flexibility index (Phi) is 12.7. The molecule has 0 aliphatic heterocycles. The van der Waals surface area contributed by atoms with E-state index in [1.165, 1.54) is 44.4 Å². The molecule has 4 N–H and O–H groups in total. The number of benzene rings is 1. The Morgan fingerprint density at radius 3 is 2.41 bits per heavy atom. The summed E-state index contributed by atoms with van der Waals surface area (Å²) >= 11 is -4.83. The van der Waals surface area contributed by atoms with E-state index in [1.54, 1.807) is 6.07 Å². The number of carbonyl (C=O) groups is 2. The molecular formula is C18H30AsNO7. The van der Waals surface area contributed by atoms with Crippen LogP contribution >= 0.6 is 0 Å². The molecule has 2 atom stereocenters. The smallest absolute Gasteiger partial charge is 0.303 e. The number of amides is 1. The zero-order valence-electron chi connectivity index (χ0n) is 16.1. The first-order valence-corrected chi connectivity index (χ1v) is 12.2. The van der Waals surface area contributed by atoms with Crippen molar-refractivity contribution in [2.75, 3.05) is 5.32 Å². The van der Waals surface area contributed by atoms with Crippen LogP contribution in [0.3, 0.4) is 0 Å². The minimum absolute atomic E-state index is 0.0399. The van der Waals surface area contributed by atoms with Crippen molar-refractivity contribution in [3.05, 3.63) is 24.3 Å². The average molecular weight is 447 g/mol. The van der Waals surface area contributed by atoms with Crippen LogP contribution in [0.25, 0.3) is 0 Å². The molecule has 9 heteroatoms. The molecule has 0 aliphatic carbocycles. The van der Waals surface area contributed by atoms with E-state index in [1.807, 2.05) is 0 Å². The average Bonchev–Trinajstić information content (AvgIpc) is 2.60. The van der Waals surface area contributed by atoms with Gasteiger partial charge >= 0.3 is 94.4 Å². The van der Waals surface area contributed by atoms with Gasteiger partial charge in [0, 0.05) is 6.42 Å². The monoisotopic (exact) mass is 447 g/mol. The van der Waals surface area contributed by atoms with Gasteiger partial charge in [-0.05, 0) is 12.3 Å². The molecule has 0 fully saturated rings. The molecule has 1 rings (SSSR count). The standard InChI is InChI=1S/C10H20O2.C8H10AsNO5/c1-3-4-6-9(2)7-5-8-10(11)12;1-6(11)10-8-4-2-3-7(5-8)9(12,13)15-14/h9H,3-8H2,1-2H3,(H,11,12);2-5,14H,1H3,(H,10,11)(H,12,13). The molecule has 0 saturated carbocycles. The van der Waals surface area contributed by atoms with Crippen molar-refractivity contribution in [3.8, 4) is 0 Å². The zero-order valence-corrected chi connectivity index (χ0v) is 17.9. The van der Waals surface area contributed by atoms with Gasteiger partial charge in [-0.1, -0.05) is 39.5 Å². The zero-order chi connectivity index (χ0) is 20.9. The van der Waals surface area contributed by atoms with Crippen molar-refractivity contribution in [1.82, 2.24) is 0 Å². The van der Waals surface area contributed by atoms with Gasteiger partial charge in [-0.3, -0.25) is 4.79 Å². The molecule has 1 aromatic rings. The summed E-state index contributed by atoms with van der Waals surface area (Å²) in [6, 6.07) is 5.64. The van der Waals surface area contributed by atoms with Gasteiger partial charge < -0.3 is 5.11 Å². The van der Waals surface area contributed by atoms with E-state index in [2.05, 4.69) is 23.0 Å². The summed E-state index contributed by atoms with van der Waals surface area (Å²) in [6.07, 6.45) is 5.98. The summed E-state index contributed by atoms with van der Waals surface area (Å²) in [5.41, 5.74) is 0.368. The summed E-state index contributed by atoms with van der Waals surface area (Å²) in [5.74, 6) is -0.265. The molecule has 0 aliphatic rings. The number of hydrogen-bond donors (Lipinski definition) is 4. The Hall–Kier alpha value is -1.60. The van der Waals surface area contributed by atoms with Crippen LogP contribution in [0.4, 0.5) is 5.69 Å². The van der Waals surface area contributed by atoms with Gasteiger partial charge in [-0.15, -0.1) is 0 Å². The third-order valence-electron chi connectivity index (χ3n) is 3.74. The molecular weight excluding hydrogens is 417 g/mol.